The number of alkyl halides is 3. The van der Waals surface area contributed by atoms with Crippen molar-refractivity contribution in [1.82, 2.24) is 25.5 Å². The van der Waals surface area contributed by atoms with E-state index >= 15 is 0 Å². The summed E-state index contributed by atoms with van der Waals surface area (Å²) in [5.41, 5.74) is 0.367. The molecular formula is C19H16ClF4N5O3. The number of aromatic nitrogens is 4. The van der Waals surface area contributed by atoms with Gasteiger partial charge in [-0.05, 0) is 53.2 Å². The maximum Gasteiger partial charge on any atom is 0.453 e. The van der Waals surface area contributed by atoms with Gasteiger partial charge >= 0.3 is 12.3 Å². The third kappa shape index (κ3) is 5.51. The highest BCUT2D eigenvalue weighted by atomic mass is 35.5. The fourth-order valence-corrected chi connectivity index (χ4v) is 3.09. The lowest BCUT2D eigenvalue weighted by atomic mass is 10.0. The van der Waals surface area contributed by atoms with Crippen LogP contribution in [0.1, 0.15) is 12.7 Å². The molecular weight excluding hydrogens is 458 g/mol. The zero-order chi connectivity index (χ0) is 23.5. The molecule has 0 saturated carbocycles. The highest BCUT2D eigenvalue weighted by Crippen LogP contribution is 2.35. The first-order chi connectivity index (χ1) is 15.1. The monoisotopic (exact) mass is 473 g/mol. The van der Waals surface area contributed by atoms with Crippen molar-refractivity contribution in [3.63, 3.8) is 0 Å². The second-order valence-electron chi connectivity index (χ2n) is 6.64. The highest BCUT2D eigenvalue weighted by Gasteiger charge is 2.38. The van der Waals surface area contributed by atoms with Crippen LogP contribution in [0, 0.1) is 5.82 Å². The van der Waals surface area contributed by atoms with Gasteiger partial charge < -0.3 is 14.8 Å². The van der Waals surface area contributed by atoms with Crippen LogP contribution in [0.4, 0.5) is 22.4 Å². The smallest absolute Gasteiger partial charge is 0.410 e. The molecule has 1 atom stereocenters. The summed E-state index contributed by atoms with van der Waals surface area (Å²) in [4.78, 5) is 12.2. The number of nitrogens with one attached hydrogen (secondary N) is 1. The van der Waals surface area contributed by atoms with E-state index in [9.17, 15) is 22.4 Å². The van der Waals surface area contributed by atoms with Crippen LogP contribution in [0.3, 0.4) is 0 Å². The van der Waals surface area contributed by atoms with E-state index in [4.69, 9.17) is 21.1 Å². The van der Waals surface area contributed by atoms with Crippen molar-refractivity contribution in [2.24, 2.45) is 0 Å². The Morgan fingerprint density at radius 2 is 2.00 bits per heavy atom. The number of amides is 1. The maximum absolute atomic E-state index is 13.5. The van der Waals surface area contributed by atoms with Crippen molar-refractivity contribution in [2.75, 3.05) is 13.7 Å². The molecule has 0 saturated heterocycles. The number of hydrogen-bond donors (Lipinski definition) is 1. The molecule has 8 nitrogen and oxygen atoms in total. The molecule has 0 fully saturated rings. The second-order valence-corrected chi connectivity index (χ2v) is 7.05. The second kappa shape index (κ2) is 9.49. The summed E-state index contributed by atoms with van der Waals surface area (Å²) in [6.07, 6.45) is -5.71. The van der Waals surface area contributed by atoms with Crippen LogP contribution in [0.15, 0.2) is 36.4 Å². The van der Waals surface area contributed by atoms with E-state index in [1.165, 1.54) is 25.3 Å². The third-order valence-electron chi connectivity index (χ3n) is 4.09. The van der Waals surface area contributed by atoms with Crippen LogP contribution in [-0.4, -0.2) is 46.1 Å². The number of rotatable bonds is 6. The first kappa shape index (κ1) is 23.4. The summed E-state index contributed by atoms with van der Waals surface area (Å²) >= 11 is 6.11. The molecule has 170 valence electrons. The van der Waals surface area contributed by atoms with Gasteiger partial charge in [-0.3, -0.25) is 0 Å². The number of halogens is 5. The molecule has 1 aromatic heterocycles. The number of carbonyl (C=O) groups is 1. The number of tetrazole rings is 1. The molecule has 0 aliphatic carbocycles. The Hall–Kier alpha value is -3.25. The van der Waals surface area contributed by atoms with Gasteiger partial charge in [-0.2, -0.15) is 17.9 Å². The lowest BCUT2D eigenvalue weighted by Crippen LogP contribution is -2.37. The van der Waals surface area contributed by atoms with E-state index in [0.29, 0.717) is 4.68 Å². The summed E-state index contributed by atoms with van der Waals surface area (Å²) in [5, 5.41) is 12.0. The van der Waals surface area contributed by atoms with Gasteiger partial charge in [-0.15, -0.1) is 5.10 Å². The van der Waals surface area contributed by atoms with Crippen LogP contribution in [0.5, 0.6) is 5.75 Å². The third-order valence-corrected chi connectivity index (χ3v) is 4.41. The van der Waals surface area contributed by atoms with Gasteiger partial charge in [0, 0.05) is 18.7 Å². The predicted molar refractivity (Wildman–Crippen MR) is 105 cm³/mol. The number of benzene rings is 2. The number of hydrogen-bond acceptors (Lipinski definition) is 6. The Labute approximate surface area is 184 Å². The Morgan fingerprint density at radius 3 is 2.66 bits per heavy atom. The quantitative estimate of drug-likeness (QED) is 0.538. The van der Waals surface area contributed by atoms with Crippen molar-refractivity contribution < 1.29 is 31.8 Å². The summed E-state index contributed by atoms with van der Waals surface area (Å²) in [7, 11) is 1.45. The van der Waals surface area contributed by atoms with Gasteiger partial charge in [0.1, 0.15) is 11.6 Å². The van der Waals surface area contributed by atoms with Crippen molar-refractivity contribution >= 4 is 17.7 Å². The summed E-state index contributed by atoms with van der Waals surface area (Å²) < 4.78 is 63.9. The lowest BCUT2D eigenvalue weighted by Gasteiger charge is -2.15. The minimum atomic E-state index is -4.85. The molecule has 0 aliphatic heterocycles. The van der Waals surface area contributed by atoms with E-state index in [1.807, 2.05) is 0 Å². The summed E-state index contributed by atoms with van der Waals surface area (Å²) in [5.74, 6) is -2.11. The molecule has 3 rings (SSSR count). The van der Waals surface area contributed by atoms with Gasteiger partial charge in [0.2, 0.25) is 0 Å². The molecule has 1 heterocycles. The van der Waals surface area contributed by atoms with Crippen molar-refractivity contribution in [3.8, 4) is 22.6 Å². The summed E-state index contributed by atoms with van der Waals surface area (Å²) in [6.45, 7) is 1.88. The van der Waals surface area contributed by atoms with E-state index in [0.717, 1.165) is 18.2 Å². The Bertz CT molecular complexity index is 1120. The molecule has 1 amide bonds. The Kier molecular flexibility index (Phi) is 6.94. The molecule has 0 aliphatic rings. The fraction of sp³-hybridized carbons (Fsp3) is 0.263. The van der Waals surface area contributed by atoms with E-state index in [-0.39, 0.29) is 34.2 Å². The van der Waals surface area contributed by atoms with Gasteiger partial charge in [-0.25, -0.2) is 9.18 Å². The van der Waals surface area contributed by atoms with Gasteiger partial charge in [0.05, 0.1) is 23.4 Å². The largest absolute Gasteiger partial charge is 0.453 e. The molecule has 0 spiro atoms. The van der Waals surface area contributed by atoms with Gasteiger partial charge in [-0.1, -0.05) is 11.6 Å². The first-order valence-electron chi connectivity index (χ1n) is 9.02. The van der Waals surface area contributed by atoms with Crippen LogP contribution in [-0.2, 0) is 10.9 Å². The lowest BCUT2D eigenvalue weighted by molar-refractivity contribution is -0.146. The molecule has 2 aromatic carbocycles. The number of methoxy groups -OCH3 is 1. The molecule has 13 heteroatoms. The van der Waals surface area contributed by atoms with E-state index in [1.54, 1.807) is 6.92 Å². The minimum absolute atomic E-state index is 0.000900. The Balaban J connectivity index is 2.07. The number of ether oxygens (including phenoxy) is 2. The zero-order valence-corrected chi connectivity index (χ0v) is 17.4. The molecule has 3 aromatic rings. The fourth-order valence-electron chi connectivity index (χ4n) is 2.81. The van der Waals surface area contributed by atoms with Crippen molar-refractivity contribution in [3.05, 3.63) is 53.1 Å². The topological polar surface area (TPSA) is 91.2 Å². The van der Waals surface area contributed by atoms with Gasteiger partial charge in [0.15, 0.2) is 0 Å². The average molecular weight is 474 g/mol. The van der Waals surface area contributed by atoms with E-state index in [2.05, 4.69) is 20.8 Å². The van der Waals surface area contributed by atoms with Crippen LogP contribution in [0.2, 0.25) is 5.02 Å². The van der Waals surface area contributed by atoms with Crippen molar-refractivity contribution in [1.29, 1.82) is 0 Å². The van der Waals surface area contributed by atoms with Crippen LogP contribution >= 0.6 is 11.6 Å². The Morgan fingerprint density at radius 1 is 1.25 bits per heavy atom. The van der Waals surface area contributed by atoms with E-state index < -0.39 is 30.0 Å². The minimum Gasteiger partial charge on any atom is -0.410 e. The molecule has 0 bridgehead atoms. The van der Waals surface area contributed by atoms with Gasteiger partial charge in [0.25, 0.3) is 5.82 Å². The van der Waals surface area contributed by atoms with Crippen molar-refractivity contribution in [2.45, 2.75) is 19.1 Å². The first-order valence-corrected chi connectivity index (χ1v) is 9.40. The average Bonchev–Trinajstić information content (AvgIpc) is 3.18. The molecule has 1 N–H and O–H groups in total. The molecule has 0 unspecified atom stereocenters. The van der Waals surface area contributed by atoms with Crippen LogP contribution in [0.25, 0.3) is 16.8 Å². The highest BCUT2D eigenvalue weighted by molar-refractivity contribution is 6.33. The maximum atomic E-state index is 13.5. The zero-order valence-electron chi connectivity index (χ0n) is 16.7. The predicted octanol–water partition coefficient (Wildman–Crippen LogP) is 4.26. The normalized spacial score (nSPS) is 12.5. The van der Waals surface area contributed by atoms with Crippen LogP contribution < -0.4 is 10.1 Å². The SMILES string of the molecule is COC[C@H](C)NC(=O)Oc1cc(-c2ccc(F)cc2Cl)cc(-n2nnnc2C(F)(F)F)c1. The standard InChI is InChI=1S/C19H16ClF4N5O3/c1-10(9-31-2)25-18(30)32-14-6-11(15-4-3-12(21)7-16(15)20)5-13(8-14)29-17(19(22,23)24)26-27-28-29/h3-8,10H,9H2,1-2H3,(H,25,30)/t10-/m0/s1. The number of nitrogens with zero attached hydrogens (tertiary/aromatic N) is 4. The number of carbonyl (C=O) groups excluding carboxylic acids is 1. The molecule has 32 heavy (non-hydrogen) atoms. The summed E-state index contributed by atoms with van der Waals surface area (Å²) in [6, 6.07) is 6.92. The molecule has 0 radical (unpaired) electrons.